The largest absolute Gasteiger partial charge is 0.478 e. The maximum absolute atomic E-state index is 13.0. The molecule has 10 heteroatoms. The number of aromatic nitrogens is 2. The van der Waals surface area contributed by atoms with Gasteiger partial charge in [0.2, 0.25) is 0 Å². The van der Waals surface area contributed by atoms with Gasteiger partial charge in [0.1, 0.15) is 5.69 Å². The molecule has 3 unspecified atom stereocenters. The van der Waals surface area contributed by atoms with Crippen LogP contribution in [-0.2, 0) is 16.1 Å². The van der Waals surface area contributed by atoms with Crippen molar-refractivity contribution in [2.75, 3.05) is 11.1 Å². The summed E-state index contributed by atoms with van der Waals surface area (Å²) in [4.78, 5) is 34.0. The minimum absolute atomic E-state index is 0.0409. The van der Waals surface area contributed by atoms with E-state index < -0.39 is 12.3 Å². The first kappa shape index (κ1) is 29.5. The van der Waals surface area contributed by atoms with Crippen LogP contribution in [0.15, 0.2) is 108 Å². The Morgan fingerprint density at radius 1 is 0.886 bits per heavy atom. The second-order valence-corrected chi connectivity index (χ2v) is 11.4. The van der Waals surface area contributed by atoms with E-state index in [9.17, 15) is 19.8 Å². The van der Waals surface area contributed by atoms with E-state index in [0.29, 0.717) is 28.9 Å². The lowest BCUT2D eigenvalue weighted by atomic mass is 10.0. The van der Waals surface area contributed by atoms with Crippen molar-refractivity contribution in [1.29, 1.82) is 0 Å². The summed E-state index contributed by atoms with van der Waals surface area (Å²) in [7, 11) is 0. The van der Waals surface area contributed by atoms with E-state index in [4.69, 9.17) is 9.47 Å². The first-order valence-corrected chi connectivity index (χ1v) is 15.0. The fraction of sp³-hybridized carbons (Fsp3) is 0.176. The van der Waals surface area contributed by atoms with Crippen LogP contribution in [0.1, 0.15) is 56.4 Å². The molecule has 0 radical (unpaired) electrons. The molecule has 1 fully saturated rings. The van der Waals surface area contributed by atoms with Crippen LogP contribution in [0.4, 0.5) is 5.69 Å². The number of fused-ring (bicyclic) bond motifs is 1. The Labute approximate surface area is 257 Å². The monoisotopic (exact) mass is 607 g/mol. The summed E-state index contributed by atoms with van der Waals surface area (Å²) >= 11 is 1.58. The molecule has 222 valence electrons. The number of carboxylic acid groups (broad SMARTS) is 1. The normalized spacial score (nSPS) is 18.2. The fourth-order valence-corrected chi connectivity index (χ4v) is 5.85. The van der Waals surface area contributed by atoms with Gasteiger partial charge < -0.3 is 25.0 Å². The highest BCUT2D eigenvalue weighted by Crippen LogP contribution is 2.40. The predicted octanol–water partition coefficient (Wildman–Crippen LogP) is 6.41. The molecule has 1 aromatic heterocycles. The van der Waals surface area contributed by atoms with Gasteiger partial charge in [0.25, 0.3) is 5.91 Å². The quantitative estimate of drug-likeness (QED) is 0.163. The highest BCUT2D eigenvalue weighted by atomic mass is 32.2. The summed E-state index contributed by atoms with van der Waals surface area (Å²) in [6.45, 7) is -0.0409. The molecule has 9 nitrogen and oxygen atoms in total. The van der Waals surface area contributed by atoms with E-state index in [1.165, 1.54) is 6.20 Å². The number of aromatic carboxylic acids is 1. The van der Waals surface area contributed by atoms with Crippen molar-refractivity contribution in [1.82, 2.24) is 9.97 Å². The van der Waals surface area contributed by atoms with Crippen LogP contribution < -0.4 is 5.32 Å². The Balaban J connectivity index is 1.20. The molecule has 0 spiro atoms. The van der Waals surface area contributed by atoms with E-state index in [1.54, 1.807) is 42.1 Å². The molecule has 3 atom stereocenters. The summed E-state index contributed by atoms with van der Waals surface area (Å²) in [5.41, 5.74) is 4.88. The molecule has 1 aliphatic heterocycles. The van der Waals surface area contributed by atoms with Crippen LogP contribution in [0.3, 0.4) is 0 Å². The molecule has 4 aromatic carbocycles. The molecular formula is C34H29N3O6S. The van der Waals surface area contributed by atoms with E-state index in [-0.39, 0.29) is 36.0 Å². The maximum Gasteiger partial charge on any atom is 0.335 e. The minimum Gasteiger partial charge on any atom is -0.478 e. The average Bonchev–Trinajstić information content (AvgIpc) is 3.07. The molecule has 0 saturated carbocycles. The molecule has 0 bridgehead atoms. The Morgan fingerprint density at radius 2 is 1.66 bits per heavy atom. The highest BCUT2D eigenvalue weighted by Gasteiger charge is 2.32. The average molecular weight is 608 g/mol. The van der Waals surface area contributed by atoms with E-state index in [2.05, 4.69) is 15.3 Å². The molecule has 0 aliphatic carbocycles. The number of para-hydroxylation sites is 2. The Morgan fingerprint density at radius 3 is 2.41 bits per heavy atom. The predicted molar refractivity (Wildman–Crippen MR) is 166 cm³/mol. The third kappa shape index (κ3) is 6.95. The Hall–Kier alpha value is -4.61. The molecule has 5 aromatic rings. The summed E-state index contributed by atoms with van der Waals surface area (Å²) in [6, 6.07) is 29.1. The number of carbonyl (C=O) groups is 2. The fourth-order valence-electron chi connectivity index (χ4n) is 4.93. The highest BCUT2D eigenvalue weighted by molar-refractivity contribution is 7.99. The van der Waals surface area contributed by atoms with Gasteiger partial charge >= 0.3 is 5.97 Å². The Kier molecular flexibility index (Phi) is 8.94. The lowest BCUT2D eigenvalue weighted by molar-refractivity contribution is -0.245. The van der Waals surface area contributed by atoms with E-state index >= 15 is 0 Å². The van der Waals surface area contributed by atoms with Crippen molar-refractivity contribution in [3.8, 4) is 0 Å². The summed E-state index contributed by atoms with van der Waals surface area (Å²) < 4.78 is 12.9. The molecule has 2 heterocycles. The van der Waals surface area contributed by atoms with Crippen molar-refractivity contribution in [2.45, 2.75) is 36.4 Å². The number of carboxylic acids is 1. The maximum atomic E-state index is 13.0. The number of anilines is 1. The van der Waals surface area contributed by atoms with Gasteiger partial charge in [-0.05, 0) is 59.7 Å². The van der Waals surface area contributed by atoms with Crippen molar-refractivity contribution in [3.63, 3.8) is 0 Å². The van der Waals surface area contributed by atoms with Crippen molar-refractivity contribution in [2.24, 2.45) is 0 Å². The smallest absolute Gasteiger partial charge is 0.335 e. The van der Waals surface area contributed by atoms with Gasteiger partial charge in [-0.1, -0.05) is 48.5 Å². The SMILES string of the molecule is O=C(O)c1ccc(SCC2CC(c3ccc(CO)cc3)OC(c3cccc(NC(=O)c4cnc5ccccc5n4)c3)O2)cc1. The third-order valence-electron chi connectivity index (χ3n) is 7.25. The van der Waals surface area contributed by atoms with Gasteiger partial charge in [-0.15, -0.1) is 11.8 Å². The lowest BCUT2D eigenvalue weighted by Crippen LogP contribution is -2.31. The van der Waals surface area contributed by atoms with Gasteiger partial charge in [-0.2, -0.15) is 0 Å². The standard InChI is InChI=1S/C34H29N3O6S/c38-19-21-8-10-22(11-9-21)31-17-26(20-44-27-14-12-23(13-15-27)33(40)41)42-34(43-31)24-4-3-5-25(16-24)36-32(39)30-18-35-28-6-1-2-7-29(28)37-30/h1-16,18,26,31,34,38H,17,19-20H2,(H,36,39)(H,40,41). The second-order valence-electron chi connectivity index (χ2n) is 10.3. The zero-order valence-corrected chi connectivity index (χ0v) is 24.3. The molecule has 1 amide bonds. The first-order valence-electron chi connectivity index (χ1n) is 14.0. The molecule has 6 rings (SSSR count). The topological polar surface area (TPSA) is 131 Å². The molecular weight excluding hydrogens is 578 g/mol. The van der Waals surface area contributed by atoms with Gasteiger partial charge in [-0.25, -0.2) is 9.78 Å². The van der Waals surface area contributed by atoms with Crippen LogP contribution in [0.2, 0.25) is 0 Å². The third-order valence-corrected chi connectivity index (χ3v) is 8.39. The second kappa shape index (κ2) is 13.4. The number of carbonyl (C=O) groups excluding carboxylic acids is 1. The van der Waals surface area contributed by atoms with Crippen LogP contribution in [0.25, 0.3) is 11.0 Å². The van der Waals surface area contributed by atoms with E-state index in [0.717, 1.165) is 21.6 Å². The lowest BCUT2D eigenvalue weighted by Gasteiger charge is -2.36. The summed E-state index contributed by atoms with van der Waals surface area (Å²) in [5, 5.41) is 21.6. The summed E-state index contributed by atoms with van der Waals surface area (Å²) in [5.74, 6) is -0.721. The number of ether oxygens (including phenoxy) is 2. The Bertz CT molecular complexity index is 1780. The zero-order chi connectivity index (χ0) is 30.5. The van der Waals surface area contributed by atoms with Gasteiger partial charge in [0.15, 0.2) is 6.29 Å². The van der Waals surface area contributed by atoms with Crippen LogP contribution in [0.5, 0.6) is 0 Å². The van der Waals surface area contributed by atoms with Gasteiger partial charge in [-0.3, -0.25) is 9.78 Å². The molecule has 1 saturated heterocycles. The molecule has 1 aliphatic rings. The number of thioether (sulfide) groups is 1. The summed E-state index contributed by atoms with van der Waals surface area (Å²) in [6.07, 6.45) is 0.897. The van der Waals surface area contributed by atoms with Crippen LogP contribution >= 0.6 is 11.8 Å². The number of hydrogen-bond acceptors (Lipinski definition) is 8. The van der Waals surface area contributed by atoms with Crippen molar-refractivity contribution < 1.29 is 29.3 Å². The van der Waals surface area contributed by atoms with E-state index in [1.807, 2.05) is 66.7 Å². The number of aliphatic hydroxyl groups is 1. The van der Waals surface area contributed by atoms with Gasteiger partial charge in [0.05, 0.1) is 41.6 Å². The number of rotatable bonds is 9. The molecule has 3 N–H and O–H groups in total. The van der Waals surface area contributed by atoms with Crippen LogP contribution in [0, 0.1) is 0 Å². The number of nitrogens with one attached hydrogen (secondary N) is 1. The number of hydrogen-bond donors (Lipinski definition) is 3. The number of amides is 1. The minimum atomic E-state index is -0.962. The first-order chi connectivity index (χ1) is 21.4. The van der Waals surface area contributed by atoms with Gasteiger partial charge in [0, 0.05) is 28.3 Å². The van der Waals surface area contributed by atoms with Crippen LogP contribution in [-0.4, -0.2) is 43.9 Å². The number of aliphatic hydroxyl groups excluding tert-OH is 1. The zero-order valence-electron chi connectivity index (χ0n) is 23.5. The number of benzene rings is 4. The van der Waals surface area contributed by atoms with Crippen molar-refractivity contribution >= 4 is 40.4 Å². The van der Waals surface area contributed by atoms with Crippen molar-refractivity contribution in [3.05, 3.63) is 131 Å². The number of nitrogens with zero attached hydrogens (tertiary/aromatic N) is 2. The molecule has 44 heavy (non-hydrogen) atoms.